The minimum Gasteiger partial charge on any atom is -0.479 e. The predicted octanol–water partition coefficient (Wildman–Crippen LogP) is 1.90. The van der Waals surface area contributed by atoms with Crippen molar-refractivity contribution in [3.63, 3.8) is 0 Å². The molecule has 1 atom stereocenters. The second-order valence-corrected chi connectivity index (χ2v) is 7.58. The van der Waals surface area contributed by atoms with E-state index in [-0.39, 0.29) is 6.42 Å². The maximum Gasteiger partial charge on any atom is 0.338 e. The van der Waals surface area contributed by atoms with Crippen LogP contribution in [-0.4, -0.2) is 33.1 Å². The number of pyridine rings is 1. The van der Waals surface area contributed by atoms with Crippen LogP contribution in [-0.2, 0) is 14.9 Å². The van der Waals surface area contributed by atoms with Gasteiger partial charge in [-0.25, -0.2) is 9.78 Å². The summed E-state index contributed by atoms with van der Waals surface area (Å²) in [6, 6.07) is 4.99. The summed E-state index contributed by atoms with van der Waals surface area (Å²) >= 11 is 0. The van der Waals surface area contributed by atoms with Crippen molar-refractivity contribution in [2.75, 3.05) is 0 Å². The van der Waals surface area contributed by atoms with Gasteiger partial charge in [-0.1, -0.05) is 13.0 Å². The van der Waals surface area contributed by atoms with Crippen LogP contribution >= 0.6 is 21.6 Å². The maximum absolute atomic E-state index is 11.3. The summed E-state index contributed by atoms with van der Waals surface area (Å²) in [5.74, 6) is -1.60. The highest BCUT2D eigenvalue weighted by Crippen LogP contribution is 2.45. The number of carboxylic acids is 1. The summed E-state index contributed by atoms with van der Waals surface area (Å²) in [6.07, 6.45) is 1.25. The van der Waals surface area contributed by atoms with E-state index in [2.05, 4.69) is 4.98 Å². The van der Waals surface area contributed by atoms with E-state index < -0.39 is 20.2 Å². The molecular weight excluding hydrogens is 298 g/mol. The van der Waals surface area contributed by atoms with Gasteiger partial charge in [-0.3, -0.25) is 4.55 Å². The highest BCUT2D eigenvalue weighted by molar-refractivity contribution is 8.78. The van der Waals surface area contributed by atoms with Gasteiger partial charge in [-0.05, 0) is 40.1 Å². The van der Waals surface area contributed by atoms with E-state index in [4.69, 9.17) is 9.66 Å². The van der Waals surface area contributed by atoms with Crippen molar-refractivity contribution in [1.29, 1.82) is 0 Å². The summed E-state index contributed by atoms with van der Waals surface area (Å²) in [7, 11) is -3.28. The standard InChI is InChI=1S/C9H11NO5S3/c1-2-9(8(11)12,18(13,14)15)17-16-7-5-3-4-6-10-7/h3-6H,2H2,1H3,(H,11,12)(H,13,14,15). The van der Waals surface area contributed by atoms with E-state index >= 15 is 0 Å². The third-order valence-corrected chi connectivity index (χ3v) is 7.45. The van der Waals surface area contributed by atoms with Crippen LogP contribution in [0.25, 0.3) is 0 Å². The van der Waals surface area contributed by atoms with E-state index in [0.29, 0.717) is 15.8 Å². The molecule has 0 spiro atoms. The lowest BCUT2D eigenvalue weighted by molar-refractivity contribution is -0.137. The molecule has 0 radical (unpaired) electrons. The Bertz CT molecular complexity index is 518. The average Bonchev–Trinajstić information content (AvgIpc) is 2.29. The number of carboxylic acid groups (broad SMARTS) is 1. The molecule has 0 bridgehead atoms. The molecule has 18 heavy (non-hydrogen) atoms. The third-order valence-electron chi connectivity index (χ3n) is 2.11. The third kappa shape index (κ3) is 3.16. The van der Waals surface area contributed by atoms with Crippen LogP contribution in [0.5, 0.6) is 0 Å². The number of aromatic nitrogens is 1. The lowest BCUT2D eigenvalue weighted by Gasteiger charge is -2.22. The van der Waals surface area contributed by atoms with Gasteiger partial charge in [0.2, 0.25) is 4.08 Å². The lowest BCUT2D eigenvalue weighted by Crippen LogP contribution is -2.41. The Morgan fingerprint density at radius 1 is 1.50 bits per heavy atom. The largest absolute Gasteiger partial charge is 0.479 e. The van der Waals surface area contributed by atoms with E-state index in [1.165, 1.54) is 13.1 Å². The first-order chi connectivity index (χ1) is 8.33. The smallest absolute Gasteiger partial charge is 0.338 e. The molecule has 0 saturated carbocycles. The summed E-state index contributed by atoms with van der Waals surface area (Å²) in [4.78, 5) is 15.1. The number of aliphatic carboxylic acids is 1. The Kier molecular flexibility index (Phi) is 5.02. The maximum atomic E-state index is 11.3. The number of carbonyl (C=O) groups is 1. The molecule has 0 amide bonds. The molecule has 0 saturated heterocycles. The van der Waals surface area contributed by atoms with E-state index in [1.54, 1.807) is 18.2 Å². The van der Waals surface area contributed by atoms with E-state index in [9.17, 15) is 13.2 Å². The number of nitrogens with zero attached hydrogens (tertiary/aromatic N) is 1. The second kappa shape index (κ2) is 5.91. The van der Waals surface area contributed by atoms with Crippen LogP contribution in [0, 0.1) is 0 Å². The van der Waals surface area contributed by atoms with Crippen molar-refractivity contribution in [3.05, 3.63) is 24.4 Å². The molecule has 9 heteroatoms. The minimum absolute atomic E-state index is 0.258. The van der Waals surface area contributed by atoms with Gasteiger partial charge >= 0.3 is 5.97 Å². The fourth-order valence-corrected chi connectivity index (χ4v) is 5.27. The Morgan fingerprint density at radius 3 is 2.56 bits per heavy atom. The summed E-state index contributed by atoms with van der Waals surface area (Å²) in [6.45, 7) is 1.38. The number of rotatable bonds is 6. The molecule has 100 valence electrons. The summed E-state index contributed by atoms with van der Waals surface area (Å²) in [5.41, 5.74) is 0. The normalized spacial score (nSPS) is 15.0. The fraction of sp³-hybridized carbons (Fsp3) is 0.333. The van der Waals surface area contributed by atoms with Crippen LogP contribution < -0.4 is 0 Å². The lowest BCUT2D eigenvalue weighted by atomic mass is 10.3. The summed E-state index contributed by atoms with van der Waals surface area (Å²) in [5, 5.41) is 9.51. The van der Waals surface area contributed by atoms with Crippen LogP contribution in [0.15, 0.2) is 29.4 Å². The zero-order chi connectivity index (χ0) is 13.8. The molecule has 0 aliphatic carbocycles. The first-order valence-corrected chi connectivity index (χ1v) is 8.39. The zero-order valence-corrected chi connectivity index (χ0v) is 11.8. The van der Waals surface area contributed by atoms with Gasteiger partial charge in [-0.2, -0.15) is 8.42 Å². The molecular formula is C9H11NO5S3. The Hall–Kier alpha value is -0.770. The zero-order valence-electron chi connectivity index (χ0n) is 9.31. The van der Waals surface area contributed by atoms with Crippen LogP contribution in [0.3, 0.4) is 0 Å². The van der Waals surface area contributed by atoms with Crippen molar-refractivity contribution in [1.82, 2.24) is 4.98 Å². The Morgan fingerprint density at radius 2 is 2.17 bits per heavy atom. The molecule has 1 rings (SSSR count). The molecule has 0 aromatic carbocycles. The van der Waals surface area contributed by atoms with Crippen molar-refractivity contribution >= 4 is 37.7 Å². The average molecular weight is 309 g/mol. The molecule has 0 aliphatic heterocycles. The predicted molar refractivity (Wildman–Crippen MR) is 69.9 cm³/mol. The first-order valence-electron chi connectivity index (χ1n) is 4.80. The monoisotopic (exact) mass is 309 g/mol. The van der Waals surface area contributed by atoms with E-state index in [1.807, 2.05) is 0 Å². The van der Waals surface area contributed by atoms with Gasteiger partial charge in [0, 0.05) is 6.20 Å². The minimum atomic E-state index is -4.73. The Labute approximate surface area is 112 Å². The van der Waals surface area contributed by atoms with Gasteiger partial charge in [0.05, 0.1) is 0 Å². The molecule has 0 aliphatic rings. The SMILES string of the molecule is CCC(SSc1ccccn1)(C(=O)O)S(=O)(=O)O. The molecule has 1 heterocycles. The van der Waals surface area contributed by atoms with Crippen LogP contribution in [0.4, 0.5) is 0 Å². The topological polar surface area (TPSA) is 105 Å². The Balaban J connectivity index is 2.98. The first kappa shape index (κ1) is 15.3. The van der Waals surface area contributed by atoms with Gasteiger partial charge in [0.1, 0.15) is 5.03 Å². The highest BCUT2D eigenvalue weighted by atomic mass is 33.1. The molecule has 1 unspecified atom stereocenters. The fourth-order valence-electron chi connectivity index (χ4n) is 1.09. The molecule has 2 N–H and O–H groups in total. The van der Waals surface area contributed by atoms with Gasteiger partial charge in [0.25, 0.3) is 10.1 Å². The van der Waals surface area contributed by atoms with Gasteiger partial charge in [-0.15, -0.1) is 0 Å². The molecule has 1 aromatic heterocycles. The van der Waals surface area contributed by atoms with Gasteiger partial charge in [0.15, 0.2) is 0 Å². The highest BCUT2D eigenvalue weighted by Gasteiger charge is 2.50. The summed E-state index contributed by atoms with van der Waals surface area (Å²) < 4.78 is 29.4. The quantitative estimate of drug-likeness (QED) is 0.606. The van der Waals surface area contributed by atoms with Crippen molar-refractivity contribution < 1.29 is 22.9 Å². The van der Waals surface area contributed by atoms with Crippen LogP contribution in [0.2, 0.25) is 0 Å². The second-order valence-electron chi connectivity index (χ2n) is 3.22. The van der Waals surface area contributed by atoms with Gasteiger partial charge < -0.3 is 5.11 Å². The van der Waals surface area contributed by atoms with Crippen molar-refractivity contribution in [2.45, 2.75) is 22.4 Å². The van der Waals surface area contributed by atoms with E-state index in [0.717, 1.165) is 10.8 Å². The van der Waals surface area contributed by atoms with Crippen molar-refractivity contribution in [2.24, 2.45) is 0 Å². The molecule has 6 nitrogen and oxygen atoms in total. The van der Waals surface area contributed by atoms with Crippen molar-refractivity contribution in [3.8, 4) is 0 Å². The molecule has 1 aromatic rings. The number of hydrogen-bond donors (Lipinski definition) is 2. The number of hydrogen-bond acceptors (Lipinski definition) is 6. The molecule has 0 fully saturated rings. The van der Waals surface area contributed by atoms with Crippen LogP contribution in [0.1, 0.15) is 13.3 Å².